The van der Waals surface area contributed by atoms with Gasteiger partial charge in [-0.25, -0.2) is 0 Å². The van der Waals surface area contributed by atoms with Crippen molar-refractivity contribution in [1.29, 1.82) is 0 Å². The zero-order chi connectivity index (χ0) is 16.1. The van der Waals surface area contributed by atoms with Crippen molar-refractivity contribution in [3.05, 3.63) is 65.2 Å². The first-order chi connectivity index (χ1) is 10.5. The zero-order valence-corrected chi connectivity index (χ0v) is 13.4. The molecule has 0 bridgehead atoms. The molecule has 3 heteroatoms. The standard InChI is InChI=1S/C19H23NO2/c1-14-6-4-7-15(10-14)11-17(13-20(2)3)19(22)16-8-5-9-18(21)12-16/h4-10,12,17,21H,11,13H2,1-3H3/t17-/m0/s1. The molecule has 1 N–H and O–H groups in total. The molecule has 0 saturated carbocycles. The van der Waals surface area contributed by atoms with E-state index in [4.69, 9.17) is 0 Å². The van der Waals surface area contributed by atoms with Crippen LogP contribution in [0.1, 0.15) is 21.5 Å². The topological polar surface area (TPSA) is 40.5 Å². The number of hydrogen-bond donors (Lipinski definition) is 1. The van der Waals surface area contributed by atoms with E-state index in [0.717, 1.165) is 0 Å². The van der Waals surface area contributed by atoms with E-state index in [0.29, 0.717) is 18.5 Å². The van der Waals surface area contributed by atoms with Crippen molar-refractivity contribution in [2.45, 2.75) is 13.3 Å². The summed E-state index contributed by atoms with van der Waals surface area (Å²) in [5, 5.41) is 9.59. The van der Waals surface area contributed by atoms with Crippen LogP contribution in [-0.2, 0) is 6.42 Å². The molecule has 116 valence electrons. The maximum absolute atomic E-state index is 12.8. The summed E-state index contributed by atoms with van der Waals surface area (Å²) in [7, 11) is 3.94. The van der Waals surface area contributed by atoms with Crippen LogP contribution in [0.15, 0.2) is 48.5 Å². The summed E-state index contributed by atoms with van der Waals surface area (Å²) in [4.78, 5) is 14.8. The Morgan fingerprint density at radius 1 is 1.14 bits per heavy atom. The second-order valence-electron chi connectivity index (χ2n) is 6.07. The van der Waals surface area contributed by atoms with Crippen LogP contribution >= 0.6 is 0 Å². The number of carbonyl (C=O) groups is 1. The van der Waals surface area contributed by atoms with Crippen molar-refractivity contribution in [3.8, 4) is 5.75 Å². The highest BCUT2D eigenvalue weighted by Gasteiger charge is 2.21. The van der Waals surface area contributed by atoms with Gasteiger partial charge in [0.15, 0.2) is 5.78 Å². The highest BCUT2D eigenvalue weighted by Crippen LogP contribution is 2.19. The summed E-state index contributed by atoms with van der Waals surface area (Å²) in [6.07, 6.45) is 0.703. The highest BCUT2D eigenvalue weighted by atomic mass is 16.3. The van der Waals surface area contributed by atoms with Crippen LogP contribution in [0.4, 0.5) is 0 Å². The number of ketones is 1. The molecule has 0 spiro atoms. The fourth-order valence-corrected chi connectivity index (χ4v) is 2.70. The molecule has 1 atom stereocenters. The molecular weight excluding hydrogens is 274 g/mol. The molecule has 2 aromatic carbocycles. The lowest BCUT2D eigenvalue weighted by atomic mass is 9.90. The van der Waals surface area contributed by atoms with Crippen molar-refractivity contribution >= 4 is 5.78 Å². The summed E-state index contributed by atoms with van der Waals surface area (Å²) in [6.45, 7) is 2.74. The molecule has 0 heterocycles. The molecule has 0 amide bonds. The van der Waals surface area contributed by atoms with E-state index in [2.05, 4.69) is 25.1 Å². The number of aromatic hydroxyl groups is 1. The fourth-order valence-electron chi connectivity index (χ4n) is 2.70. The minimum absolute atomic E-state index is 0.0751. The number of aryl methyl sites for hydroxylation is 1. The largest absolute Gasteiger partial charge is 0.508 e. The zero-order valence-electron chi connectivity index (χ0n) is 13.4. The Morgan fingerprint density at radius 2 is 1.86 bits per heavy atom. The Bertz CT molecular complexity index is 649. The molecule has 22 heavy (non-hydrogen) atoms. The molecule has 0 aromatic heterocycles. The molecule has 0 radical (unpaired) electrons. The molecule has 3 nitrogen and oxygen atoms in total. The van der Waals surface area contributed by atoms with Crippen LogP contribution in [0.25, 0.3) is 0 Å². The van der Waals surface area contributed by atoms with E-state index >= 15 is 0 Å². The minimum Gasteiger partial charge on any atom is -0.508 e. The molecule has 0 aliphatic rings. The van der Waals surface area contributed by atoms with E-state index in [1.807, 2.05) is 25.1 Å². The monoisotopic (exact) mass is 297 g/mol. The highest BCUT2D eigenvalue weighted by molar-refractivity contribution is 5.98. The number of benzene rings is 2. The van der Waals surface area contributed by atoms with Crippen molar-refractivity contribution < 1.29 is 9.90 Å². The first-order valence-corrected chi connectivity index (χ1v) is 7.49. The summed E-state index contributed by atoms with van der Waals surface area (Å²) < 4.78 is 0. The Kier molecular flexibility index (Phi) is 5.34. The van der Waals surface area contributed by atoms with Crippen molar-refractivity contribution in [3.63, 3.8) is 0 Å². The SMILES string of the molecule is Cc1cccc(C[C@@H](CN(C)C)C(=O)c2cccc(O)c2)c1. The normalized spacial score (nSPS) is 12.4. The van der Waals surface area contributed by atoms with Gasteiger partial charge in [-0.2, -0.15) is 0 Å². The maximum atomic E-state index is 12.8. The number of nitrogens with zero attached hydrogens (tertiary/aromatic N) is 1. The smallest absolute Gasteiger partial charge is 0.167 e. The maximum Gasteiger partial charge on any atom is 0.167 e. The van der Waals surface area contributed by atoms with Crippen LogP contribution in [-0.4, -0.2) is 36.4 Å². The molecule has 2 aromatic rings. The van der Waals surface area contributed by atoms with Crippen molar-refractivity contribution in [1.82, 2.24) is 4.90 Å². The lowest BCUT2D eigenvalue weighted by Crippen LogP contribution is -2.29. The number of phenolic OH excluding ortho intramolecular Hbond substituents is 1. The molecule has 0 aliphatic heterocycles. The third-order valence-electron chi connectivity index (χ3n) is 3.65. The van der Waals surface area contributed by atoms with Gasteiger partial charge in [0, 0.05) is 18.0 Å². The van der Waals surface area contributed by atoms with Crippen molar-refractivity contribution in [2.24, 2.45) is 5.92 Å². The first-order valence-electron chi connectivity index (χ1n) is 7.49. The summed E-state index contributed by atoms with van der Waals surface area (Å²) in [5.41, 5.74) is 2.94. The molecule has 0 fully saturated rings. The molecule has 0 unspecified atom stereocenters. The molecular formula is C19H23NO2. The Balaban J connectivity index is 2.23. The summed E-state index contributed by atoms with van der Waals surface area (Å²) >= 11 is 0. The predicted octanol–water partition coefficient (Wildman–Crippen LogP) is 3.30. The number of hydrogen-bond acceptors (Lipinski definition) is 3. The summed E-state index contributed by atoms with van der Waals surface area (Å²) in [6, 6.07) is 14.9. The average Bonchev–Trinajstić information content (AvgIpc) is 2.45. The first kappa shape index (κ1) is 16.2. The van der Waals surface area contributed by atoms with Gasteiger partial charge < -0.3 is 10.0 Å². The molecule has 2 rings (SSSR count). The Hall–Kier alpha value is -2.13. The van der Waals surface area contributed by atoms with E-state index < -0.39 is 0 Å². The average molecular weight is 297 g/mol. The third-order valence-corrected chi connectivity index (χ3v) is 3.65. The van der Waals surface area contributed by atoms with Gasteiger partial charge in [-0.05, 0) is 45.1 Å². The van der Waals surface area contributed by atoms with Gasteiger partial charge >= 0.3 is 0 Å². The van der Waals surface area contributed by atoms with E-state index in [-0.39, 0.29) is 17.5 Å². The van der Waals surface area contributed by atoms with Gasteiger partial charge in [-0.15, -0.1) is 0 Å². The van der Waals surface area contributed by atoms with Crippen LogP contribution in [0, 0.1) is 12.8 Å². The Labute approximate surface area is 132 Å². The fraction of sp³-hybridized carbons (Fsp3) is 0.316. The van der Waals surface area contributed by atoms with Gasteiger partial charge in [-0.3, -0.25) is 4.79 Å². The number of phenols is 1. The molecule has 0 saturated heterocycles. The Morgan fingerprint density at radius 3 is 2.50 bits per heavy atom. The van der Waals surface area contributed by atoms with Gasteiger partial charge in [0.1, 0.15) is 5.75 Å². The van der Waals surface area contributed by atoms with Crippen molar-refractivity contribution in [2.75, 3.05) is 20.6 Å². The van der Waals surface area contributed by atoms with E-state index in [9.17, 15) is 9.90 Å². The third kappa shape index (κ3) is 4.43. The number of carbonyl (C=O) groups excluding carboxylic acids is 1. The number of Topliss-reactive ketones (excluding diaryl/α,β-unsaturated/α-hetero) is 1. The predicted molar refractivity (Wildman–Crippen MR) is 89.4 cm³/mol. The quantitative estimate of drug-likeness (QED) is 0.832. The second kappa shape index (κ2) is 7.23. The van der Waals surface area contributed by atoms with Gasteiger partial charge in [-0.1, -0.05) is 42.0 Å². The minimum atomic E-state index is -0.126. The van der Waals surface area contributed by atoms with Crippen LogP contribution < -0.4 is 0 Å². The van der Waals surface area contributed by atoms with Gasteiger partial charge in [0.2, 0.25) is 0 Å². The van der Waals surface area contributed by atoms with Crippen LogP contribution in [0.2, 0.25) is 0 Å². The van der Waals surface area contributed by atoms with E-state index in [1.165, 1.54) is 11.1 Å². The van der Waals surface area contributed by atoms with Gasteiger partial charge in [0.05, 0.1) is 0 Å². The second-order valence-corrected chi connectivity index (χ2v) is 6.07. The molecule has 0 aliphatic carbocycles. The lowest BCUT2D eigenvalue weighted by molar-refractivity contribution is 0.0896. The van der Waals surface area contributed by atoms with Crippen LogP contribution in [0.3, 0.4) is 0 Å². The summed E-state index contributed by atoms with van der Waals surface area (Å²) in [5.74, 6) is 0.0784. The van der Waals surface area contributed by atoms with E-state index in [1.54, 1.807) is 24.3 Å². The van der Waals surface area contributed by atoms with Crippen LogP contribution in [0.5, 0.6) is 5.75 Å². The lowest BCUT2D eigenvalue weighted by Gasteiger charge is -2.20. The van der Waals surface area contributed by atoms with Gasteiger partial charge in [0.25, 0.3) is 0 Å². The number of rotatable bonds is 6.